The number of nitrogens with one attached hydrogen (secondary N) is 1. The summed E-state index contributed by atoms with van der Waals surface area (Å²) in [6.07, 6.45) is 9.68. The van der Waals surface area contributed by atoms with Crippen molar-refractivity contribution in [2.45, 2.75) is 64.3 Å². The number of carbonyl (C=O) groups excluding carboxylic acids is 1. The molecule has 2 aliphatic rings. The summed E-state index contributed by atoms with van der Waals surface area (Å²) in [5.41, 5.74) is 5.61. The molecule has 1 heterocycles. The summed E-state index contributed by atoms with van der Waals surface area (Å²) in [6.45, 7) is 7.71. The van der Waals surface area contributed by atoms with Gasteiger partial charge in [0, 0.05) is 6.54 Å². The molecule has 0 aromatic carbocycles. The van der Waals surface area contributed by atoms with Gasteiger partial charge in [-0.3, -0.25) is 4.79 Å². The second kappa shape index (κ2) is 6.44. The van der Waals surface area contributed by atoms with Crippen molar-refractivity contribution in [1.29, 1.82) is 0 Å². The normalized spacial score (nSPS) is 26.3. The third-order valence-electron chi connectivity index (χ3n) is 5.48. The SMILES string of the molecule is CCNC(C)(CN1CCC2(CCCCC2)CC1)C(N)=O. The third kappa shape index (κ3) is 3.53. The smallest absolute Gasteiger partial charge is 0.238 e. The van der Waals surface area contributed by atoms with Crippen molar-refractivity contribution in [1.82, 2.24) is 10.2 Å². The second-order valence-electron chi connectivity index (χ2n) is 7.06. The summed E-state index contributed by atoms with van der Waals surface area (Å²) < 4.78 is 0. The minimum Gasteiger partial charge on any atom is -0.368 e. The quantitative estimate of drug-likeness (QED) is 0.809. The molecule has 1 unspecified atom stereocenters. The van der Waals surface area contributed by atoms with Crippen LogP contribution in [-0.2, 0) is 4.79 Å². The molecule has 0 bridgehead atoms. The number of nitrogens with two attached hydrogens (primary N) is 1. The zero-order chi connectivity index (χ0) is 14.6. The highest BCUT2D eigenvalue weighted by Gasteiger charge is 2.38. The van der Waals surface area contributed by atoms with Crippen molar-refractivity contribution >= 4 is 5.91 Å². The van der Waals surface area contributed by atoms with Crippen molar-refractivity contribution in [2.75, 3.05) is 26.2 Å². The fourth-order valence-electron chi connectivity index (χ4n) is 4.05. The molecule has 2 rings (SSSR count). The summed E-state index contributed by atoms with van der Waals surface area (Å²) in [5, 5.41) is 3.26. The maximum atomic E-state index is 11.7. The van der Waals surface area contributed by atoms with Gasteiger partial charge in [0.2, 0.25) is 5.91 Å². The van der Waals surface area contributed by atoms with E-state index >= 15 is 0 Å². The Labute approximate surface area is 123 Å². The van der Waals surface area contributed by atoms with Crippen LogP contribution in [0.25, 0.3) is 0 Å². The minimum atomic E-state index is -0.591. The molecule has 0 radical (unpaired) electrons. The van der Waals surface area contributed by atoms with Gasteiger partial charge in [-0.15, -0.1) is 0 Å². The van der Waals surface area contributed by atoms with E-state index in [-0.39, 0.29) is 5.91 Å². The fraction of sp³-hybridized carbons (Fsp3) is 0.938. The molecular formula is C16H31N3O. The average molecular weight is 281 g/mol. The summed E-state index contributed by atoms with van der Waals surface area (Å²) in [5.74, 6) is -0.239. The number of piperidine rings is 1. The Kier molecular flexibility index (Phi) is 5.08. The van der Waals surface area contributed by atoms with E-state index in [4.69, 9.17) is 5.73 Å². The predicted octanol–water partition coefficient (Wildman–Crippen LogP) is 1.89. The van der Waals surface area contributed by atoms with Crippen LogP contribution in [0.15, 0.2) is 0 Å². The lowest BCUT2D eigenvalue weighted by molar-refractivity contribution is -0.124. The average Bonchev–Trinajstić information content (AvgIpc) is 2.43. The summed E-state index contributed by atoms with van der Waals surface area (Å²) in [4.78, 5) is 14.1. The van der Waals surface area contributed by atoms with Crippen LogP contribution in [0.2, 0.25) is 0 Å². The summed E-state index contributed by atoms with van der Waals surface area (Å²) >= 11 is 0. The Morgan fingerprint density at radius 1 is 1.20 bits per heavy atom. The topological polar surface area (TPSA) is 58.4 Å². The fourth-order valence-corrected chi connectivity index (χ4v) is 4.05. The molecule has 2 fully saturated rings. The zero-order valence-electron chi connectivity index (χ0n) is 13.2. The van der Waals surface area contributed by atoms with Crippen molar-refractivity contribution < 1.29 is 4.79 Å². The van der Waals surface area contributed by atoms with E-state index in [1.807, 2.05) is 13.8 Å². The van der Waals surface area contributed by atoms with Crippen molar-refractivity contribution in [3.63, 3.8) is 0 Å². The molecule has 0 aromatic heterocycles. The molecule has 4 heteroatoms. The van der Waals surface area contributed by atoms with Gasteiger partial charge < -0.3 is 16.0 Å². The summed E-state index contributed by atoms with van der Waals surface area (Å²) in [6, 6.07) is 0. The van der Waals surface area contributed by atoms with E-state index in [1.54, 1.807) is 0 Å². The molecule has 1 saturated heterocycles. The molecule has 1 saturated carbocycles. The lowest BCUT2D eigenvalue weighted by atomic mass is 9.68. The van der Waals surface area contributed by atoms with E-state index < -0.39 is 5.54 Å². The van der Waals surface area contributed by atoms with Gasteiger partial charge in [-0.2, -0.15) is 0 Å². The van der Waals surface area contributed by atoms with Crippen LogP contribution in [0.3, 0.4) is 0 Å². The molecule has 1 atom stereocenters. The molecule has 3 N–H and O–H groups in total. The van der Waals surface area contributed by atoms with Crippen LogP contribution in [0.1, 0.15) is 58.8 Å². The van der Waals surface area contributed by atoms with Crippen molar-refractivity contribution in [3.05, 3.63) is 0 Å². The number of hydrogen-bond donors (Lipinski definition) is 2. The zero-order valence-corrected chi connectivity index (χ0v) is 13.2. The summed E-state index contributed by atoms with van der Waals surface area (Å²) in [7, 11) is 0. The number of likely N-dealkylation sites (N-methyl/N-ethyl adjacent to an activating group) is 1. The van der Waals surface area contributed by atoms with Crippen LogP contribution in [0, 0.1) is 5.41 Å². The first-order valence-corrected chi connectivity index (χ1v) is 8.27. The van der Waals surface area contributed by atoms with E-state index in [0.717, 1.165) is 26.2 Å². The first-order chi connectivity index (χ1) is 9.50. The molecule has 20 heavy (non-hydrogen) atoms. The van der Waals surface area contributed by atoms with Gasteiger partial charge in [0.05, 0.1) is 0 Å². The van der Waals surface area contributed by atoms with Gasteiger partial charge in [0.25, 0.3) is 0 Å². The molecule has 0 aromatic rings. The second-order valence-corrected chi connectivity index (χ2v) is 7.06. The van der Waals surface area contributed by atoms with Crippen LogP contribution >= 0.6 is 0 Å². The Balaban J connectivity index is 1.88. The first-order valence-electron chi connectivity index (χ1n) is 8.27. The Morgan fingerprint density at radius 2 is 1.80 bits per heavy atom. The molecule has 4 nitrogen and oxygen atoms in total. The molecule has 1 aliphatic carbocycles. The van der Waals surface area contributed by atoms with Crippen LogP contribution in [0.5, 0.6) is 0 Å². The molecule has 1 amide bonds. The lowest BCUT2D eigenvalue weighted by Crippen LogP contribution is -2.60. The van der Waals surface area contributed by atoms with Crippen molar-refractivity contribution in [2.24, 2.45) is 11.1 Å². The minimum absolute atomic E-state index is 0.239. The number of nitrogens with zero attached hydrogens (tertiary/aromatic N) is 1. The van der Waals surface area contributed by atoms with E-state index in [9.17, 15) is 4.79 Å². The highest BCUT2D eigenvalue weighted by molar-refractivity contribution is 5.84. The van der Waals surface area contributed by atoms with E-state index in [1.165, 1.54) is 44.9 Å². The third-order valence-corrected chi connectivity index (χ3v) is 5.48. The van der Waals surface area contributed by atoms with E-state index in [0.29, 0.717) is 5.41 Å². The van der Waals surface area contributed by atoms with Crippen molar-refractivity contribution in [3.8, 4) is 0 Å². The highest BCUT2D eigenvalue weighted by Crippen LogP contribution is 2.44. The van der Waals surface area contributed by atoms with E-state index in [2.05, 4.69) is 10.2 Å². The van der Waals surface area contributed by atoms with Gasteiger partial charge in [-0.05, 0) is 57.7 Å². The van der Waals surface area contributed by atoms with Gasteiger partial charge in [0.1, 0.15) is 5.54 Å². The highest BCUT2D eigenvalue weighted by atomic mass is 16.1. The number of primary amides is 1. The number of rotatable bonds is 5. The molecule has 1 aliphatic heterocycles. The number of amides is 1. The lowest BCUT2D eigenvalue weighted by Gasteiger charge is -2.46. The largest absolute Gasteiger partial charge is 0.368 e. The Morgan fingerprint density at radius 3 is 2.30 bits per heavy atom. The molecule has 116 valence electrons. The number of hydrogen-bond acceptors (Lipinski definition) is 3. The van der Waals surface area contributed by atoms with Gasteiger partial charge in [-0.25, -0.2) is 0 Å². The monoisotopic (exact) mass is 281 g/mol. The number of likely N-dealkylation sites (tertiary alicyclic amines) is 1. The molecular weight excluding hydrogens is 250 g/mol. The van der Waals surface area contributed by atoms with Gasteiger partial charge in [-0.1, -0.05) is 26.2 Å². The Bertz CT molecular complexity index is 329. The standard InChI is InChI=1S/C16H31N3O/c1-3-18-15(2,14(17)20)13-19-11-9-16(10-12-19)7-5-4-6-8-16/h18H,3-13H2,1-2H3,(H2,17,20). The first kappa shape index (κ1) is 15.8. The van der Waals surface area contributed by atoms with Gasteiger partial charge in [0.15, 0.2) is 0 Å². The Hall–Kier alpha value is -0.610. The maximum Gasteiger partial charge on any atom is 0.238 e. The van der Waals surface area contributed by atoms with Crippen LogP contribution in [-0.4, -0.2) is 42.5 Å². The maximum absolute atomic E-state index is 11.7. The predicted molar refractivity (Wildman–Crippen MR) is 82.5 cm³/mol. The van der Waals surface area contributed by atoms with Crippen LogP contribution in [0.4, 0.5) is 0 Å². The number of carbonyl (C=O) groups is 1. The molecule has 1 spiro atoms. The van der Waals surface area contributed by atoms with Crippen LogP contribution < -0.4 is 11.1 Å². The van der Waals surface area contributed by atoms with Gasteiger partial charge >= 0.3 is 0 Å².